The Morgan fingerprint density at radius 3 is 2.66 bits per heavy atom. The normalized spacial score (nSPS) is 13.0. The third kappa shape index (κ3) is 2.92. The van der Waals surface area contributed by atoms with E-state index in [-0.39, 0.29) is 5.56 Å². The molecule has 0 bridgehead atoms. The van der Waals surface area contributed by atoms with E-state index >= 15 is 0 Å². The van der Waals surface area contributed by atoms with E-state index in [0.717, 1.165) is 23.2 Å². The van der Waals surface area contributed by atoms with E-state index in [1.54, 1.807) is 39.4 Å². The van der Waals surface area contributed by atoms with Crippen LogP contribution in [0.25, 0.3) is 27.8 Å². The molecule has 0 fully saturated rings. The summed E-state index contributed by atoms with van der Waals surface area (Å²) in [5.74, 6) is 0. The number of aromatic nitrogens is 3. The van der Waals surface area contributed by atoms with Crippen molar-refractivity contribution in [2.24, 2.45) is 0 Å². The van der Waals surface area contributed by atoms with Crippen LogP contribution >= 0.6 is 11.3 Å². The van der Waals surface area contributed by atoms with E-state index in [0.29, 0.717) is 20.9 Å². The molecule has 5 aromatic rings. The van der Waals surface area contributed by atoms with E-state index in [4.69, 9.17) is 0 Å². The van der Waals surface area contributed by atoms with Gasteiger partial charge in [0, 0.05) is 17.6 Å². The van der Waals surface area contributed by atoms with Crippen LogP contribution in [0.5, 0.6) is 0 Å². The summed E-state index contributed by atoms with van der Waals surface area (Å²) in [6, 6.07) is 15.9. The molecular weight excluding hydrogens is 399 g/mol. The average molecular weight is 411 g/mol. The molecule has 2 aromatic carbocycles. The predicted molar refractivity (Wildman–Crippen MR) is 106 cm³/mol. The van der Waals surface area contributed by atoms with Crippen LogP contribution in [-0.4, -0.2) is 14.0 Å². The van der Waals surface area contributed by atoms with Gasteiger partial charge in [0.2, 0.25) is 0 Å². The quantitative estimate of drug-likeness (QED) is 0.435. The van der Waals surface area contributed by atoms with Crippen LogP contribution in [0.2, 0.25) is 0 Å². The molecule has 3 heterocycles. The summed E-state index contributed by atoms with van der Waals surface area (Å²) in [6.07, 6.45) is -1.08. The Kier molecular flexibility index (Phi) is 3.85. The molecular formula is C21H12F3N3OS. The van der Waals surface area contributed by atoms with Gasteiger partial charge < -0.3 is 4.57 Å². The molecule has 0 saturated carbocycles. The van der Waals surface area contributed by atoms with Gasteiger partial charge in [-0.25, -0.2) is 9.38 Å². The zero-order valence-electron chi connectivity index (χ0n) is 14.7. The molecule has 0 saturated heterocycles. The van der Waals surface area contributed by atoms with E-state index in [1.165, 1.54) is 17.4 Å². The maximum atomic E-state index is 13.1. The van der Waals surface area contributed by atoms with Gasteiger partial charge in [-0.2, -0.15) is 13.2 Å². The van der Waals surface area contributed by atoms with Crippen molar-refractivity contribution >= 4 is 33.4 Å². The number of thiazole rings is 1. The highest BCUT2D eigenvalue weighted by Gasteiger charge is 2.30. The SMILES string of the molecule is O=c1/c(=C/c2cccn2-c2cccc(C(F)(F)F)c2)sc2nc3ccccc3n12. The summed E-state index contributed by atoms with van der Waals surface area (Å²) in [5.41, 5.74) is 1.53. The van der Waals surface area contributed by atoms with Crippen LogP contribution in [0.1, 0.15) is 11.3 Å². The first kappa shape index (κ1) is 17.7. The van der Waals surface area contributed by atoms with Crippen LogP contribution in [0.4, 0.5) is 13.2 Å². The maximum Gasteiger partial charge on any atom is 0.416 e. The number of alkyl halides is 3. The second kappa shape index (κ2) is 6.31. The molecule has 29 heavy (non-hydrogen) atoms. The zero-order chi connectivity index (χ0) is 20.2. The highest BCUT2D eigenvalue weighted by atomic mass is 32.1. The van der Waals surface area contributed by atoms with Crippen molar-refractivity contribution in [1.29, 1.82) is 0 Å². The molecule has 0 aliphatic heterocycles. The van der Waals surface area contributed by atoms with Gasteiger partial charge in [-0.3, -0.25) is 4.79 Å². The van der Waals surface area contributed by atoms with Gasteiger partial charge in [-0.15, -0.1) is 0 Å². The summed E-state index contributed by atoms with van der Waals surface area (Å²) in [4.78, 5) is 18.0. The largest absolute Gasteiger partial charge is 0.416 e. The summed E-state index contributed by atoms with van der Waals surface area (Å²) in [6.45, 7) is 0. The third-order valence-electron chi connectivity index (χ3n) is 4.66. The first-order chi connectivity index (χ1) is 13.9. The molecule has 0 spiro atoms. The number of halogens is 3. The summed E-state index contributed by atoms with van der Waals surface area (Å²) >= 11 is 1.25. The second-order valence-corrected chi connectivity index (χ2v) is 7.49. The molecule has 0 aliphatic carbocycles. The number of fused-ring (bicyclic) bond motifs is 3. The Hall–Kier alpha value is -3.39. The van der Waals surface area contributed by atoms with Gasteiger partial charge in [0.15, 0.2) is 4.96 Å². The fourth-order valence-electron chi connectivity index (χ4n) is 3.33. The topological polar surface area (TPSA) is 39.3 Å². The lowest BCUT2D eigenvalue weighted by molar-refractivity contribution is -0.137. The van der Waals surface area contributed by atoms with E-state index in [1.807, 2.05) is 24.3 Å². The first-order valence-corrected chi connectivity index (χ1v) is 9.50. The van der Waals surface area contributed by atoms with Crippen molar-refractivity contribution in [3.05, 3.63) is 93.0 Å². The number of imidazole rings is 1. The van der Waals surface area contributed by atoms with Crippen LogP contribution in [0.3, 0.4) is 0 Å². The predicted octanol–water partition coefficient (Wildman–Crippen LogP) is 4.27. The highest BCUT2D eigenvalue weighted by molar-refractivity contribution is 7.15. The highest BCUT2D eigenvalue weighted by Crippen LogP contribution is 2.30. The van der Waals surface area contributed by atoms with Gasteiger partial charge in [-0.05, 0) is 48.5 Å². The molecule has 3 aromatic heterocycles. The lowest BCUT2D eigenvalue weighted by Crippen LogP contribution is -2.23. The molecule has 0 unspecified atom stereocenters. The molecule has 0 atom stereocenters. The van der Waals surface area contributed by atoms with Crippen molar-refractivity contribution in [3.63, 3.8) is 0 Å². The van der Waals surface area contributed by atoms with E-state index < -0.39 is 11.7 Å². The minimum Gasteiger partial charge on any atom is -0.317 e. The van der Waals surface area contributed by atoms with E-state index in [2.05, 4.69) is 4.98 Å². The standard InChI is InChI=1S/C21H12F3N3OS/c22-21(23,24)13-5-3-6-14(11-13)26-10-4-7-15(26)12-18-19(28)27-17-9-2-1-8-16(17)25-20(27)29-18/h1-12H/b18-12-. The van der Waals surface area contributed by atoms with E-state index in [9.17, 15) is 18.0 Å². The van der Waals surface area contributed by atoms with Crippen LogP contribution in [0.15, 0.2) is 71.7 Å². The number of para-hydroxylation sites is 2. The molecule has 0 radical (unpaired) electrons. The molecule has 0 aliphatic rings. The number of hydrogen-bond donors (Lipinski definition) is 0. The Labute approximate surface area is 165 Å². The van der Waals surface area contributed by atoms with Gasteiger partial charge in [0.05, 0.1) is 21.1 Å². The molecule has 8 heteroatoms. The van der Waals surface area contributed by atoms with Gasteiger partial charge in [-0.1, -0.05) is 29.5 Å². The van der Waals surface area contributed by atoms with Crippen LogP contribution in [0, 0.1) is 0 Å². The zero-order valence-corrected chi connectivity index (χ0v) is 15.5. The fraction of sp³-hybridized carbons (Fsp3) is 0.0476. The Morgan fingerprint density at radius 1 is 1.00 bits per heavy atom. The Bertz CT molecular complexity index is 1480. The number of benzene rings is 2. The maximum absolute atomic E-state index is 13.1. The van der Waals surface area contributed by atoms with Gasteiger partial charge >= 0.3 is 6.18 Å². The van der Waals surface area contributed by atoms with Crippen molar-refractivity contribution < 1.29 is 13.2 Å². The Balaban J connectivity index is 1.66. The first-order valence-electron chi connectivity index (χ1n) is 8.68. The van der Waals surface area contributed by atoms with Crippen LogP contribution in [-0.2, 0) is 6.18 Å². The third-order valence-corrected chi connectivity index (χ3v) is 5.62. The van der Waals surface area contributed by atoms with Crippen molar-refractivity contribution in [2.75, 3.05) is 0 Å². The molecule has 4 nitrogen and oxygen atoms in total. The number of rotatable bonds is 2. The van der Waals surface area contributed by atoms with Crippen LogP contribution < -0.4 is 10.1 Å². The minimum atomic E-state index is -4.42. The molecule has 0 N–H and O–H groups in total. The van der Waals surface area contributed by atoms with Gasteiger partial charge in [0.1, 0.15) is 0 Å². The summed E-state index contributed by atoms with van der Waals surface area (Å²) < 4.78 is 42.8. The average Bonchev–Trinajstić information content (AvgIpc) is 3.37. The fourth-order valence-corrected chi connectivity index (χ4v) is 4.30. The lowest BCUT2D eigenvalue weighted by atomic mass is 10.2. The number of hydrogen-bond acceptors (Lipinski definition) is 3. The van der Waals surface area contributed by atoms with Gasteiger partial charge in [0.25, 0.3) is 5.56 Å². The van der Waals surface area contributed by atoms with Crippen molar-refractivity contribution in [2.45, 2.75) is 6.18 Å². The summed E-state index contributed by atoms with van der Waals surface area (Å²) in [7, 11) is 0. The monoisotopic (exact) mass is 411 g/mol. The molecule has 0 amide bonds. The second-order valence-electron chi connectivity index (χ2n) is 6.49. The Morgan fingerprint density at radius 2 is 1.83 bits per heavy atom. The van der Waals surface area contributed by atoms with Crippen molar-refractivity contribution in [3.8, 4) is 5.69 Å². The smallest absolute Gasteiger partial charge is 0.317 e. The molecule has 5 rings (SSSR count). The lowest BCUT2D eigenvalue weighted by Gasteiger charge is -2.11. The molecule has 144 valence electrons. The minimum absolute atomic E-state index is 0.199. The van der Waals surface area contributed by atoms with Crippen molar-refractivity contribution in [1.82, 2.24) is 14.0 Å². The number of nitrogens with zero attached hydrogens (tertiary/aromatic N) is 3. The summed E-state index contributed by atoms with van der Waals surface area (Å²) in [5, 5.41) is 0.